The van der Waals surface area contributed by atoms with Crippen molar-refractivity contribution in [3.8, 4) is 0 Å². The Kier molecular flexibility index (Phi) is 2.91. The molecule has 0 heterocycles. The quantitative estimate of drug-likeness (QED) is 0.580. The van der Waals surface area contributed by atoms with Gasteiger partial charge in [-0.25, -0.2) is 0 Å². The van der Waals surface area contributed by atoms with E-state index in [1.807, 2.05) is 0 Å². The molecule has 0 aliphatic heterocycles. The number of alkyl halides is 1. The molecule has 0 bridgehead atoms. The molecule has 1 atom stereocenters. The van der Waals surface area contributed by atoms with Gasteiger partial charge in [-0.05, 0) is 43.0 Å². The van der Waals surface area contributed by atoms with Crippen LogP contribution in [-0.2, 0) is 0 Å². The smallest absolute Gasteiger partial charge is 0.0864 e. The van der Waals surface area contributed by atoms with Crippen molar-refractivity contribution < 1.29 is 0 Å². The number of aryl methyl sites for hydroxylation is 1. The lowest BCUT2D eigenvalue weighted by molar-refractivity contribution is 1.02. The van der Waals surface area contributed by atoms with E-state index < -0.39 is 0 Å². The Morgan fingerprint density at radius 2 is 1.75 bits per heavy atom. The predicted octanol–water partition coefficient (Wildman–Crippen LogP) is 2.96. The number of rotatable bonds is 1. The molecular formula is C10H14BrN. The molecule has 0 aromatic heterocycles. The molecule has 1 aromatic rings. The molecule has 12 heavy (non-hydrogen) atoms. The molecule has 0 saturated carbocycles. The first kappa shape index (κ1) is 9.75. The first-order valence-corrected chi connectivity index (χ1v) is 4.92. The third kappa shape index (κ3) is 1.70. The van der Waals surface area contributed by atoms with Crippen LogP contribution in [0.4, 0.5) is 0 Å². The third-order valence-corrected chi connectivity index (χ3v) is 2.89. The summed E-state index contributed by atoms with van der Waals surface area (Å²) in [6.45, 7) is 6.36. The fourth-order valence-electron chi connectivity index (χ4n) is 1.28. The maximum atomic E-state index is 5.75. The van der Waals surface area contributed by atoms with Crippen LogP contribution >= 0.6 is 15.9 Å². The van der Waals surface area contributed by atoms with E-state index in [-0.39, 0.29) is 4.95 Å². The summed E-state index contributed by atoms with van der Waals surface area (Å²) in [7, 11) is 0. The van der Waals surface area contributed by atoms with Crippen molar-refractivity contribution in [1.82, 2.24) is 0 Å². The summed E-state index contributed by atoms with van der Waals surface area (Å²) in [5, 5.41) is 0. The molecule has 0 radical (unpaired) electrons. The fraction of sp³-hybridized carbons (Fsp3) is 0.400. The summed E-state index contributed by atoms with van der Waals surface area (Å²) in [5.74, 6) is 0. The minimum atomic E-state index is -0.0446. The first-order valence-electron chi connectivity index (χ1n) is 4.00. The average Bonchev–Trinajstić information content (AvgIpc) is 2.00. The molecule has 0 fully saturated rings. The largest absolute Gasteiger partial charge is 0.315 e. The van der Waals surface area contributed by atoms with Crippen molar-refractivity contribution in [2.24, 2.45) is 5.73 Å². The summed E-state index contributed by atoms with van der Waals surface area (Å²) < 4.78 is 0. The molecule has 0 aliphatic carbocycles. The zero-order chi connectivity index (χ0) is 9.30. The number of benzene rings is 1. The Morgan fingerprint density at radius 3 is 2.25 bits per heavy atom. The summed E-state index contributed by atoms with van der Waals surface area (Å²) in [6.07, 6.45) is 0. The highest BCUT2D eigenvalue weighted by Gasteiger charge is 2.07. The van der Waals surface area contributed by atoms with Gasteiger partial charge < -0.3 is 5.73 Å². The van der Waals surface area contributed by atoms with Gasteiger partial charge in [0.25, 0.3) is 0 Å². The third-order valence-electron chi connectivity index (χ3n) is 2.40. The average molecular weight is 228 g/mol. The van der Waals surface area contributed by atoms with E-state index in [0.717, 1.165) is 0 Å². The van der Waals surface area contributed by atoms with Crippen LogP contribution in [0.1, 0.15) is 27.2 Å². The SMILES string of the molecule is Cc1ccc(C(N)Br)c(C)c1C. The Morgan fingerprint density at radius 1 is 1.17 bits per heavy atom. The zero-order valence-corrected chi connectivity index (χ0v) is 9.27. The van der Waals surface area contributed by atoms with Gasteiger partial charge in [0, 0.05) is 0 Å². The molecule has 1 rings (SSSR count). The lowest BCUT2D eigenvalue weighted by Gasteiger charge is -2.12. The maximum Gasteiger partial charge on any atom is 0.0864 e. The summed E-state index contributed by atoms with van der Waals surface area (Å²) in [4.78, 5) is -0.0446. The maximum absolute atomic E-state index is 5.75. The van der Waals surface area contributed by atoms with Crippen LogP contribution in [0.15, 0.2) is 12.1 Å². The fourth-order valence-corrected chi connectivity index (χ4v) is 1.77. The van der Waals surface area contributed by atoms with E-state index in [2.05, 4.69) is 48.8 Å². The van der Waals surface area contributed by atoms with Crippen LogP contribution < -0.4 is 5.73 Å². The van der Waals surface area contributed by atoms with Crippen molar-refractivity contribution >= 4 is 15.9 Å². The second-order valence-corrected chi connectivity index (χ2v) is 4.11. The zero-order valence-electron chi connectivity index (χ0n) is 7.69. The molecule has 1 unspecified atom stereocenters. The Bertz CT molecular complexity index is 292. The molecule has 1 nitrogen and oxygen atoms in total. The van der Waals surface area contributed by atoms with Gasteiger partial charge >= 0.3 is 0 Å². The number of halogens is 1. The van der Waals surface area contributed by atoms with Crippen molar-refractivity contribution in [2.75, 3.05) is 0 Å². The number of hydrogen-bond acceptors (Lipinski definition) is 1. The highest BCUT2D eigenvalue weighted by atomic mass is 79.9. The van der Waals surface area contributed by atoms with E-state index in [1.165, 1.54) is 22.3 Å². The number of hydrogen-bond donors (Lipinski definition) is 1. The van der Waals surface area contributed by atoms with E-state index in [0.29, 0.717) is 0 Å². The highest BCUT2D eigenvalue weighted by Crippen LogP contribution is 2.24. The van der Waals surface area contributed by atoms with Gasteiger partial charge in [-0.2, -0.15) is 0 Å². The Balaban J connectivity index is 3.27. The molecule has 0 saturated heterocycles. The van der Waals surface area contributed by atoms with Gasteiger partial charge in [-0.15, -0.1) is 0 Å². The summed E-state index contributed by atoms with van der Waals surface area (Å²) >= 11 is 3.37. The second kappa shape index (κ2) is 3.58. The highest BCUT2D eigenvalue weighted by molar-refractivity contribution is 9.09. The molecule has 2 N–H and O–H groups in total. The molecule has 2 heteroatoms. The van der Waals surface area contributed by atoms with Crippen LogP contribution in [-0.4, -0.2) is 0 Å². The summed E-state index contributed by atoms with van der Waals surface area (Å²) in [6, 6.07) is 4.19. The molecular weight excluding hydrogens is 214 g/mol. The van der Waals surface area contributed by atoms with Crippen molar-refractivity contribution in [2.45, 2.75) is 25.7 Å². The molecule has 66 valence electrons. The molecule has 0 spiro atoms. The monoisotopic (exact) mass is 227 g/mol. The Hall–Kier alpha value is -0.340. The van der Waals surface area contributed by atoms with Gasteiger partial charge in [0.15, 0.2) is 0 Å². The van der Waals surface area contributed by atoms with Gasteiger partial charge in [-0.1, -0.05) is 28.1 Å². The second-order valence-electron chi connectivity index (χ2n) is 3.12. The van der Waals surface area contributed by atoms with Crippen molar-refractivity contribution in [1.29, 1.82) is 0 Å². The lowest BCUT2D eigenvalue weighted by Crippen LogP contribution is -2.05. The van der Waals surface area contributed by atoms with Crippen LogP contribution in [0.25, 0.3) is 0 Å². The standard InChI is InChI=1S/C10H14BrN/c1-6-4-5-9(10(11)12)8(3)7(6)2/h4-5,10H,12H2,1-3H3. The topological polar surface area (TPSA) is 26.0 Å². The van der Waals surface area contributed by atoms with E-state index >= 15 is 0 Å². The number of nitrogens with two attached hydrogens (primary N) is 1. The predicted molar refractivity (Wildman–Crippen MR) is 56.5 cm³/mol. The van der Waals surface area contributed by atoms with Crippen molar-refractivity contribution in [3.63, 3.8) is 0 Å². The normalized spacial score (nSPS) is 13.1. The van der Waals surface area contributed by atoms with Crippen LogP contribution in [0.3, 0.4) is 0 Å². The minimum absolute atomic E-state index is 0.0446. The van der Waals surface area contributed by atoms with Gasteiger partial charge in [0.2, 0.25) is 0 Å². The van der Waals surface area contributed by atoms with E-state index in [4.69, 9.17) is 5.73 Å². The van der Waals surface area contributed by atoms with Crippen LogP contribution in [0, 0.1) is 20.8 Å². The first-order chi connectivity index (χ1) is 5.54. The lowest BCUT2D eigenvalue weighted by atomic mass is 9.99. The van der Waals surface area contributed by atoms with Gasteiger partial charge in [-0.3, -0.25) is 0 Å². The van der Waals surface area contributed by atoms with Crippen LogP contribution in [0.2, 0.25) is 0 Å². The van der Waals surface area contributed by atoms with Crippen molar-refractivity contribution in [3.05, 3.63) is 34.4 Å². The molecule has 0 amide bonds. The van der Waals surface area contributed by atoms with E-state index in [1.54, 1.807) is 0 Å². The van der Waals surface area contributed by atoms with Gasteiger partial charge in [0.1, 0.15) is 0 Å². The summed E-state index contributed by atoms with van der Waals surface area (Å²) in [5.41, 5.74) is 10.9. The van der Waals surface area contributed by atoms with Crippen LogP contribution in [0.5, 0.6) is 0 Å². The molecule has 0 aliphatic rings. The minimum Gasteiger partial charge on any atom is -0.315 e. The van der Waals surface area contributed by atoms with Gasteiger partial charge in [0.05, 0.1) is 4.95 Å². The Labute approximate surface area is 82.1 Å². The van der Waals surface area contributed by atoms with E-state index in [9.17, 15) is 0 Å². The molecule has 1 aromatic carbocycles.